The Morgan fingerprint density at radius 1 is 1.30 bits per heavy atom. The van der Waals surface area contributed by atoms with Gasteiger partial charge in [0.2, 0.25) is 0 Å². The Labute approximate surface area is 128 Å². The second kappa shape index (κ2) is 8.04. The standard InChI is InChI=1S/C16H28ClN3/c1-3-11-20-16(14(17)12-19-20)15(18-4-2)13-9-7-5-6-8-10-13/h12-13,15,18H,3-11H2,1-2H3. The predicted octanol–water partition coefficient (Wildman–Crippen LogP) is 4.57. The molecule has 2 rings (SSSR count). The highest BCUT2D eigenvalue weighted by Crippen LogP contribution is 2.36. The van der Waals surface area contributed by atoms with E-state index in [0.717, 1.165) is 24.5 Å². The first-order chi connectivity index (χ1) is 9.77. The fraction of sp³-hybridized carbons (Fsp3) is 0.812. The van der Waals surface area contributed by atoms with E-state index >= 15 is 0 Å². The number of hydrogen-bond acceptors (Lipinski definition) is 2. The summed E-state index contributed by atoms with van der Waals surface area (Å²) < 4.78 is 2.11. The summed E-state index contributed by atoms with van der Waals surface area (Å²) in [6, 6.07) is 0.361. The van der Waals surface area contributed by atoms with Crippen LogP contribution in [0.25, 0.3) is 0 Å². The molecule has 1 aliphatic carbocycles. The Bertz CT molecular complexity index is 394. The summed E-state index contributed by atoms with van der Waals surface area (Å²) in [6.07, 6.45) is 11.0. The molecule has 0 amide bonds. The third-order valence-electron chi connectivity index (χ3n) is 4.36. The van der Waals surface area contributed by atoms with Crippen LogP contribution in [0.4, 0.5) is 0 Å². The first-order valence-electron chi connectivity index (χ1n) is 8.22. The Kier molecular flexibility index (Phi) is 6.37. The quantitative estimate of drug-likeness (QED) is 0.780. The Hall–Kier alpha value is -0.540. The molecule has 1 fully saturated rings. The Morgan fingerprint density at radius 3 is 2.60 bits per heavy atom. The summed E-state index contributed by atoms with van der Waals surface area (Å²) in [4.78, 5) is 0. The number of nitrogens with one attached hydrogen (secondary N) is 1. The van der Waals surface area contributed by atoms with Gasteiger partial charge in [-0.15, -0.1) is 0 Å². The molecule has 0 aromatic carbocycles. The van der Waals surface area contributed by atoms with Crippen molar-refractivity contribution in [1.82, 2.24) is 15.1 Å². The fourth-order valence-electron chi connectivity index (χ4n) is 3.42. The summed E-state index contributed by atoms with van der Waals surface area (Å²) in [5.41, 5.74) is 1.21. The zero-order valence-electron chi connectivity index (χ0n) is 12.9. The van der Waals surface area contributed by atoms with Crippen LogP contribution in [0.15, 0.2) is 6.20 Å². The zero-order chi connectivity index (χ0) is 14.4. The smallest absolute Gasteiger partial charge is 0.0834 e. The average Bonchev–Trinajstić information content (AvgIpc) is 2.68. The van der Waals surface area contributed by atoms with Crippen LogP contribution in [0.3, 0.4) is 0 Å². The van der Waals surface area contributed by atoms with Gasteiger partial charge in [0.05, 0.1) is 23.0 Å². The first-order valence-corrected chi connectivity index (χ1v) is 8.60. The Balaban J connectivity index is 2.24. The van der Waals surface area contributed by atoms with E-state index in [9.17, 15) is 0 Å². The van der Waals surface area contributed by atoms with Gasteiger partial charge < -0.3 is 5.32 Å². The molecule has 1 aliphatic rings. The lowest BCUT2D eigenvalue weighted by molar-refractivity contribution is 0.312. The molecule has 1 aromatic rings. The second-order valence-corrected chi connectivity index (χ2v) is 6.30. The van der Waals surface area contributed by atoms with E-state index in [-0.39, 0.29) is 0 Å². The predicted molar refractivity (Wildman–Crippen MR) is 85.1 cm³/mol. The van der Waals surface area contributed by atoms with E-state index in [0.29, 0.717) is 12.0 Å². The van der Waals surface area contributed by atoms with E-state index in [2.05, 4.69) is 28.9 Å². The molecule has 1 heterocycles. The molecule has 0 saturated heterocycles. The minimum Gasteiger partial charge on any atom is -0.309 e. The summed E-state index contributed by atoms with van der Waals surface area (Å²) in [7, 11) is 0. The normalized spacial score (nSPS) is 18.9. The second-order valence-electron chi connectivity index (χ2n) is 5.89. The molecule has 1 atom stereocenters. The number of halogens is 1. The minimum absolute atomic E-state index is 0.361. The largest absolute Gasteiger partial charge is 0.309 e. The summed E-state index contributed by atoms with van der Waals surface area (Å²) in [5.74, 6) is 0.697. The van der Waals surface area contributed by atoms with Crippen molar-refractivity contribution in [3.63, 3.8) is 0 Å². The molecule has 20 heavy (non-hydrogen) atoms. The molecule has 0 aliphatic heterocycles. The maximum absolute atomic E-state index is 6.45. The molecule has 0 bridgehead atoms. The lowest BCUT2D eigenvalue weighted by atomic mass is 9.89. The van der Waals surface area contributed by atoms with E-state index < -0.39 is 0 Å². The summed E-state index contributed by atoms with van der Waals surface area (Å²) in [5, 5.41) is 8.98. The maximum atomic E-state index is 6.45. The van der Waals surface area contributed by atoms with Crippen molar-refractivity contribution >= 4 is 11.6 Å². The fourth-order valence-corrected chi connectivity index (χ4v) is 3.68. The van der Waals surface area contributed by atoms with Crippen LogP contribution < -0.4 is 5.32 Å². The van der Waals surface area contributed by atoms with E-state index in [1.165, 1.54) is 44.2 Å². The summed E-state index contributed by atoms with van der Waals surface area (Å²) >= 11 is 6.45. The van der Waals surface area contributed by atoms with Crippen molar-refractivity contribution in [1.29, 1.82) is 0 Å². The first kappa shape index (κ1) is 15.8. The van der Waals surface area contributed by atoms with Crippen molar-refractivity contribution in [2.24, 2.45) is 5.92 Å². The van der Waals surface area contributed by atoms with Crippen molar-refractivity contribution in [2.45, 2.75) is 71.4 Å². The average molecular weight is 298 g/mol. The highest BCUT2D eigenvalue weighted by Gasteiger charge is 2.28. The van der Waals surface area contributed by atoms with Crippen LogP contribution in [-0.2, 0) is 6.54 Å². The van der Waals surface area contributed by atoms with Gasteiger partial charge in [-0.05, 0) is 31.7 Å². The molecular weight excluding hydrogens is 270 g/mol. The van der Waals surface area contributed by atoms with Gasteiger partial charge in [0, 0.05) is 6.54 Å². The number of nitrogens with zero attached hydrogens (tertiary/aromatic N) is 2. The van der Waals surface area contributed by atoms with Gasteiger partial charge in [0.25, 0.3) is 0 Å². The molecule has 114 valence electrons. The van der Waals surface area contributed by atoms with Crippen molar-refractivity contribution in [2.75, 3.05) is 6.54 Å². The van der Waals surface area contributed by atoms with Gasteiger partial charge in [-0.25, -0.2) is 0 Å². The van der Waals surface area contributed by atoms with Gasteiger partial charge in [0.15, 0.2) is 0 Å². The van der Waals surface area contributed by atoms with Crippen LogP contribution in [-0.4, -0.2) is 16.3 Å². The molecule has 1 saturated carbocycles. The van der Waals surface area contributed by atoms with Crippen LogP contribution in [0.1, 0.15) is 70.5 Å². The monoisotopic (exact) mass is 297 g/mol. The van der Waals surface area contributed by atoms with Crippen molar-refractivity contribution in [3.8, 4) is 0 Å². The van der Waals surface area contributed by atoms with Gasteiger partial charge in [0.1, 0.15) is 0 Å². The minimum atomic E-state index is 0.361. The van der Waals surface area contributed by atoms with Gasteiger partial charge in [-0.1, -0.05) is 51.1 Å². The van der Waals surface area contributed by atoms with E-state index in [1.54, 1.807) is 0 Å². The highest BCUT2D eigenvalue weighted by atomic mass is 35.5. The molecule has 1 aromatic heterocycles. The van der Waals surface area contributed by atoms with Crippen LogP contribution in [0, 0.1) is 5.92 Å². The maximum Gasteiger partial charge on any atom is 0.0834 e. The molecule has 0 radical (unpaired) electrons. The zero-order valence-corrected chi connectivity index (χ0v) is 13.6. The molecular formula is C16H28ClN3. The topological polar surface area (TPSA) is 29.9 Å². The third-order valence-corrected chi connectivity index (χ3v) is 4.65. The van der Waals surface area contributed by atoms with E-state index in [1.807, 2.05) is 6.20 Å². The lowest BCUT2D eigenvalue weighted by Crippen LogP contribution is -2.30. The number of hydrogen-bond donors (Lipinski definition) is 1. The number of aryl methyl sites for hydroxylation is 1. The molecule has 0 spiro atoms. The lowest BCUT2D eigenvalue weighted by Gasteiger charge is -2.28. The van der Waals surface area contributed by atoms with Crippen molar-refractivity contribution < 1.29 is 0 Å². The molecule has 1 N–H and O–H groups in total. The SMILES string of the molecule is CCCn1ncc(Cl)c1C(NCC)C1CCCCCC1. The number of rotatable bonds is 6. The molecule has 1 unspecified atom stereocenters. The van der Waals surface area contributed by atoms with Gasteiger partial charge in [-0.2, -0.15) is 5.10 Å². The Morgan fingerprint density at radius 2 is 2.00 bits per heavy atom. The van der Waals surface area contributed by atoms with Crippen LogP contribution in [0.2, 0.25) is 5.02 Å². The third kappa shape index (κ3) is 3.76. The van der Waals surface area contributed by atoms with Gasteiger partial charge >= 0.3 is 0 Å². The highest BCUT2D eigenvalue weighted by molar-refractivity contribution is 6.31. The molecule has 4 heteroatoms. The number of aromatic nitrogens is 2. The van der Waals surface area contributed by atoms with Crippen molar-refractivity contribution in [3.05, 3.63) is 16.9 Å². The van der Waals surface area contributed by atoms with Crippen LogP contribution in [0.5, 0.6) is 0 Å². The van der Waals surface area contributed by atoms with Crippen LogP contribution >= 0.6 is 11.6 Å². The van der Waals surface area contributed by atoms with Gasteiger partial charge in [-0.3, -0.25) is 4.68 Å². The molecule has 3 nitrogen and oxygen atoms in total. The van der Waals surface area contributed by atoms with E-state index in [4.69, 9.17) is 11.6 Å². The summed E-state index contributed by atoms with van der Waals surface area (Å²) in [6.45, 7) is 6.30.